The Morgan fingerprint density at radius 1 is 1.43 bits per heavy atom. The standard InChI is InChI=1S/C14H23F2N5O2/c1-3-17-12(18-8-10(15)16)21-6-4-9(5-7-21)14(2)11(22)19-13(23)20-14/h9-10H,3-8H2,1-2H3,(H,17,18)(H2,19,20,22,23). The molecule has 0 spiro atoms. The average molecular weight is 331 g/mol. The molecule has 1 unspecified atom stereocenters. The topological polar surface area (TPSA) is 85.8 Å². The van der Waals surface area contributed by atoms with Gasteiger partial charge in [0.2, 0.25) is 0 Å². The maximum Gasteiger partial charge on any atom is 0.322 e. The highest BCUT2D eigenvalue weighted by Crippen LogP contribution is 2.30. The Morgan fingerprint density at radius 3 is 2.57 bits per heavy atom. The minimum absolute atomic E-state index is 0.00294. The maximum absolute atomic E-state index is 12.4. The number of urea groups is 1. The van der Waals surface area contributed by atoms with E-state index in [0.29, 0.717) is 38.4 Å². The zero-order chi connectivity index (χ0) is 17.0. The first-order chi connectivity index (χ1) is 10.9. The van der Waals surface area contributed by atoms with Crippen molar-refractivity contribution >= 4 is 17.9 Å². The number of piperidine rings is 1. The number of likely N-dealkylation sites (tertiary alicyclic amines) is 1. The maximum atomic E-state index is 12.4. The van der Waals surface area contributed by atoms with Gasteiger partial charge in [0.25, 0.3) is 12.3 Å². The van der Waals surface area contributed by atoms with Crippen molar-refractivity contribution in [2.24, 2.45) is 10.9 Å². The van der Waals surface area contributed by atoms with Crippen LogP contribution in [-0.4, -0.2) is 60.9 Å². The van der Waals surface area contributed by atoms with Crippen molar-refractivity contribution in [1.29, 1.82) is 0 Å². The van der Waals surface area contributed by atoms with E-state index in [1.807, 2.05) is 11.8 Å². The summed E-state index contributed by atoms with van der Waals surface area (Å²) in [6, 6.07) is -0.466. The first kappa shape index (κ1) is 17.4. The van der Waals surface area contributed by atoms with Gasteiger partial charge in [-0.25, -0.2) is 18.6 Å². The monoisotopic (exact) mass is 331 g/mol. The molecule has 0 saturated carbocycles. The fourth-order valence-electron chi connectivity index (χ4n) is 3.09. The molecular formula is C14H23F2N5O2. The predicted molar refractivity (Wildman–Crippen MR) is 81.4 cm³/mol. The van der Waals surface area contributed by atoms with Crippen molar-refractivity contribution in [2.75, 3.05) is 26.2 Å². The number of nitrogens with one attached hydrogen (secondary N) is 3. The SMILES string of the molecule is CCNC(=NCC(F)F)N1CCC(C2(C)NC(=O)NC2=O)CC1. The fraction of sp³-hybridized carbons (Fsp3) is 0.786. The number of aliphatic imine (C=N–C) groups is 1. The molecule has 23 heavy (non-hydrogen) atoms. The van der Waals surface area contributed by atoms with Crippen LogP contribution in [0.2, 0.25) is 0 Å². The molecule has 0 aliphatic carbocycles. The second-order valence-electron chi connectivity index (χ2n) is 5.96. The van der Waals surface area contributed by atoms with Crippen LogP contribution in [0, 0.1) is 5.92 Å². The molecule has 1 atom stereocenters. The Morgan fingerprint density at radius 2 is 2.09 bits per heavy atom. The first-order valence-electron chi connectivity index (χ1n) is 7.81. The van der Waals surface area contributed by atoms with Crippen LogP contribution in [0.5, 0.6) is 0 Å². The number of carbonyl (C=O) groups is 2. The van der Waals surface area contributed by atoms with E-state index in [0.717, 1.165) is 0 Å². The van der Waals surface area contributed by atoms with E-state index in [9.17, 15) is 18.4 Å². The summed E-state index contributed by atoms with van der Waals surface area (Å²) >= 11 is 0. The van der Waals surface area contributed by atoms with Gasteiger partial charge in [-0.3, -0.25) is 10.1 Å². The molecule has 2 saturated heterocycles. The molecule has 2 rings (SSSR count). The molecule has 3 amide bonds. The summed E-state index contributed by atoms with van der Waals surface area (Å²) in [4.78, 5) is 29.2. The zero-order valence-corrected chi connectivity index (χ0v) is 13.4. The molecule has 3 N–H and O–H groups in total. The van der Waals surface area contributed by atoms with Crippen molar-refractivity contribution in [3.05, 3.63) is 0 Å². The van der Waals surface area contributed by atoms with Gasteiger partial charge in [-0.2, -0.15) is 0 Å². The van der Waals surface area contributed by atoms with Crippen LogP contribution < -0.4 is 16.0 Å². The number of carbonyl (C=O) groups excluding carboxylic acids is 2. The number of rotatable bonds is 4. The van der Waals surface area contributed by atoms with Crippen LogP contribution in [0.1, 0.15) is 26.7 Å². The molecule has 2 aliphatic heterocycles. The molecular weight excluding hydrogens is 308 g/mol. The molecule has 2 fully saturated rings. The quantitative estimate of drug-likeness (QED) is 0.398. The summed E-state index contributed by atoms with van der Waals surface area (Å²) in [6.07, 6.45) is -1.13. The van der Waals surface area contributed by atoms with Crippen LogP contribution in [0.4, 0.5) is 13.6 Å². The summed E-state index contributed by atoms with van der Waals surface area (Å²) in [7, 11) is 0. The smallest absolute Gasteiger partial charge is 0.322 e. The van der Waals surface area contributed by atoms with Gasteiger partial charge >= 0.3 is 6.03 Å². The summed E-state index contributed by atoms with van der Waals surface area (Å²) in [5.41, 5.74) is -0.901. The molecule has 0 bridgehead atoms. The molecule has 2 aliphatic rings. The molecule has 0 aromatic heterocycles. The van der Waals surface area contributed by atoms with E-state index in [4.69, 9.17) is 0 Å². The third-order valence-corrected chi connectivity index (χ3v) is 4.40. The first-order valence-corrected chi connectivity index (χ1v) is 7.81. The number of halogens is 2. The Bertz CT molecular complexity index is 492. The molecule has 130 valence electrons. The summed E-state index contributed by atoms with van der Waals surface area (Å²) in [6.45, 7) is 4.86. The van der Waals surface area contributed by atoms with E-state index in [2.05, 4.69) is 20.9 Å². The van der Waals surface area contributed by atoms with E-state index >= 15 is 0 Å². The van der Waals surface area contributed by atoms with Crippen molar-refractivity contribution in [2.45, 2.75) is 38.7 Å². The van der Waals surface area contributed by atoms with Gasteiger partial charge in [0, 0.05) is 19.6 Å². The van der Waals surface area contributed by atoms with Crippen LogP contribution in [0.15, 0.2) is 4.99 Å². The van der Waals surface area contributed by atoms with Gasteiger partial charge in [-0.1, -0.05) is 0 Å². The van der Waals surface area contributed by atoms with Gasteiger partial charge in [0.05, 0.1) is 0 Å². The van der Waals surface area contributed by atoms with Crippen molar-refractivity contribution < 1.29 is 18.4 Å². The lowest BCUT2D eigenvalue weighted by molar-refractivity contribution is -0.125. The predicted octanol–water partition coefficient (Wildman–Crippen LogP) is 0.527. The number of guanidine groups is 1. The Hall–Kier alpha value is -1.93. The number of hydrogen-bond acceptors (Lipinski definition) is 3. The molecule has 0 radical (unpaired) electrons. The Balaban J connectivity index is 1.98. The van der Waals surface area contributed by atoms with Gasteiger partial charge in [0.15, 0.2) is 5.96 Å². The normalized spacial score (nSPS) is 26.5. The molecule has 7 nitrogen and oxygen atoms in total. The lowest BCUT2D eigenvalue weighted by Gasteiger charge is -2.39. The molecule has 2 heterocycles. The van der Waals surface area contributed by atoms with E-state index in [-0.39, 0.29) is 11.8 Å². The van der Waals surface area contributed by atoms with Gasteiger partial charge in [-0.05, 0) is 32.6 Å². The second-order valence-corrected chi connectivity index (χ2v) is 5.96. The van der Waals surface area contributed by atoms with Crippen LogP contribution in [0.25, 0.3) is 0 Å². The van der Waals surface area contributed by atoms with Crippen molar-refractivity contribution in [3.8, 4) is 0 Å². The molecule has 0 aromatic rings. The number of alkyl halides is 2. The Kier molecular flexibility index (Phi) is 5.38. The number of hydrogen-bond donors (Lipinski definition) is 3. The molecule has 9 heteroatoms. The highest BCUT2D eigenvalue weighted by atomic mass is 19.3. The Labute approximate surface area is 133 Å². The van der Waals surface area contributed by atoms with Gasteiger partial charge in [0.1, 0.15) is 12.1 Å². The van der Waals surface area contributed by atoms with Crippen LogP contribution in [-0.2, 0) is 4.79 Å². The summed E-state index contributed by atoms with van der Waals surface area (Å²) in [5, 5.41) is 7.98. The summed E-state index contributed by atoms with van der Waals surface area (Å²) in [5.74, 6) is 0.165. The largest absolute Gasteiger partial charge is 0.357 e. The van der Waals surface area contributed by atoms with E-state index < -0.39 is 24.5 Å². The van der Waals surface area contributed by atoms with E-state index in [1.54, 1.807) is 6.92 Å². The minimum Gasteiger partial charge on any atom is -0.357 e. The van der Waals surface area contributed by atoms with Crippen LogP contribution >= 0.6 is 0 Å². The lowest BCUT2D eigenvalue weighted by Crippen LogP contribution is -2.55. The van der Waals surface area contributed by atoms with Crippen molar-refractivity contribution in [3.63, 3.8) is 0 Å². The summed E-state index contributed by atoms with van der Waals surface area (Å²) < 4.78 is 24.7. The highest BCUT2D eigenvalue weighted by Gasteiger charge is 2.48. The fourth-order valence-corrected chi connectivity index (χ4v) is 3.09. The van der Waals surface area contributed by atoms with Gasteiger partial charge in [-0.15, -0.1) is 0 Å². The second kappa shape index (κ2) is 7.10. The van der Waals surface area contributed by atoms with E-state index in [1.165, 1.54) is 0 Å². The van der Waals surface area contributed by atoms with Crippen LogP contribution in [0.3, 0.4) is 0 Å². The third-order valence-electron chi connectivity index (χ3n) is 4.40. The third kappa shape index (κ3) is 3.89. The lowest BCUT2D eigenvalue weighted by atomic mass is 9.79. The van der Waals surface area contributed by atoms with Crippen molar-refractivity contribution in [1.82, 2.24) is 20.9 Å². The highest BCUT2D eigenvalue weighted by molar-refractivity contribution is 6.07. The average Bonchev–Trinajstić information content (AvgIpc) is 2.77. The zero-order valence-electron chi connectivity index (χ0n) is 13.4. The van der Waals surface area contributed by atoms with Gasteiger partial charge < -0.3 is 15.5 Å². The molecule has 0 aromatic carbocycles. The number of imide groups is 1. The number of amides is 3. The number of nitrogens with zero attached hydrogens (tertiary/aromatic N) is 2. The minimum atomic E-state index is -2.47.